The Morgan fingerprint density at radius 3 is 2.78 bits per heavy atom. The first-order valence-electron chi connectivity index (χ1n) is 7.34. The normalized spacial score (nSPS) is 11.0. The molecule has 5 nitrogen and oxygen atoms in total. The van der Waals surface area contributed by atoms with Crippen LogP contribution in [0.3, 0.4) is 0 Å². The summed E-state index contributed by atoms with van der Waals surface area (Å²) in [6.07, 6.45) is 5.22. The van der Waals surface area contributed by atoms with Crippen LogP contribution in [0, 0.1) is 0 Å². The summed E-state index contributed by atoms with van der Waals surface area (Å²) in [5.74, 6) is 0. The topological polar surface area (TPSA) is 63.6 Å². The SMILES string of the molecule is O=c1[nH]cnc2ccc(-c3cnn(Cc4ccccc4)c3)cc12. The highest BCUT2D eigenvalue weighted by Crippen LogP contribution is 2.21. The zero-order valence-corrected chi connectivity index (χ0v) is 12.3. The maximum Gasteiger partial charge on any atom is 0.258 e. The molecule has 1 N–H and O–H groups in total. The molecule has 0 bridgehead atoms. The molecular formula is C18H14N4O. The Morgan fingerprint density at radius 1 is 1.04 bits per heavy atom. The Balaban J connectivity index is 1.69. The molecule has 5 heteroatoms. The summed E-state index contributed by atoms with van der Waals surface area (Å²) >= 11 is 0. The summed E-state index contributed by atoms with van der Waals surface area (Å²) in [5, 5.41) is 4.99. The van der Waals surface area contributed by atoms with Crippen LogP contribution in [0.5, 0.6) is 0 Å². The Morgan fingerprint density at radius 2 is 1.91 bits per heavy atom. The molecule has 0 amide bonds. The second kappa shape index (κ2) is 5.53. The second-order valence-corrected chi connectivity index (χ2v) is 5.38. The van der Waals surface area contributed by atoms with Crippen LogP contribution in [0.2, 0.25) is 0 Å². The zero-order chi connectivity index (χ0) is 15.6. The minimum atomic E-state index is -0.131. The van der Waals surface area contributed by atoms with Crippen LogP contribution in [-0.2, 0) is 6.54 Å². The van der Waals surface area contributed by atoms with E-state index in [9.17, 15) is 4.79 Å². The lowest BCUT2D eigenvalue weighted by molar-refractivity contribution is 0.687. The van der Waals surface area contributed by atoms with Gasteiger partial charge in [0.2, 0.25) is 0 Å². The third-order valence-electron chi connectivity index (χ3n) is 3.79. The van der Waals surface area contributed by atoms with Crippen molar-refractivity contribution in [1.29, 1.82) is 0 Å². The van der Waals surface area contributed by atoms with Gasteiger partial charge >= 0.3 is 0 Å². The summed E-state index contributed by atoms with van der Waals surface area (Å²) in [4.78, 5) is 18.7. The average molecular weight is 302 g/mol. The van der Waals surface area contributed by atoms with E-state index in [1.807, 2.05) is 53.5 Å². The summed E-state index contributed by atoms with van der Waals surface area (Å²) < 4.78 is 1.89. The van der Waals surface area contributed by atoms with E-state index in [0.717, 1.165) is 17.7 Å². The average Bonchev–Trinajstić information content (AvgIpc) is 3.04. The zero-order valence-electron chi connectivity index (χ0n) is 12.3. The number of rotatable bonds is 3. The molecule has 4 rings (SSSR count). The number of aromatic nitrogens is 4. The predicted molar refractivity (Wildman–Crippen MR) is 89.1 cm³/mol. The summed E-state index contributed by atoms with van der Waals surface area (Å²) in [7, 11) is 0. The lowest BCUT2D eigenvalue weighted by Gasteiger charge is -2.01. The molecule has 23 heavy (non-hydrogen) atoms. The van der Waals surface area contributed by atoms with Gasteiger partial charge < -0.3 is 4.98 Å². The van der Waals surface area contributed by atoms with Gasteiger partial charge in [-0.05, 0) is 23.3 Å². The number of hydrogen-bond acceptors (Lipinski definition) is 3. The van der Waals surface area contributed by atoms with E-state index in [1.165, 1.54) is 11.9 Å². The first kappa shape index (κ1) is 13.5. The molecule has 2 aromatic carbocycles. The number of benzene rings is 2. The number of nitrogens with zero attached hydrogens (tertiary/aromatic N) is 3. The van der Waals surface area contributed by atoms with E-state index in [1.54, 1.807) is 0 Å². The second-order valence-electron chi connectivity index (χ2n) is 5.38. The third kappa shape index (κ3) is 2.64. The van der Waals surface area contributed by atoms with Gasteiger partial charge in [0.25, 0.3) is 5.56 Å². The van der Waals surface area contributed by atoms with Gasteiger partial charge in [-0.2, -0.15) is 5.10 Å². The number of nitrogens with one attached hydrogen (secondary N) is 1. The Hall–Kier alpha value is -3.21. The molecule has 0 atom stereocenters. The third-order valence-corrected chi connectivity index (χ3v) is 3.79. The van der Waals surface area contributed by atoms with E-state index in [-0.39, 0.29) is 5.56 Å². The summed E-state index contributed by atoms with van der Waals surface area (Å²) in [6, 6.07) is 15.8. The van der Waals surface area contributed by atoms with Gasteiger partial charge in [0.15, 0.2) is 0 Å². The first-order chi connectivity index (χ1) is 11.3. The van der Waals surface area contributed by atoms with E-state index in [0.29, 0.717) is 10.9 Å². The number of fused-ring (bicyclic) bond motifs is 1. The number of H-pyrrole nitrogens is 1. The van der Waals surface area contributed by atoms with Gasteiger partial charge in [-0.3, -0.25) is 9.48 Å². The molecule has 0 aliphatic heterocycles. The van der Waals surface area contributed by atoms with Crippen LogP contribution in [0.25, 0.3) is 22.0 Å². The summed E-state index contributed by atoms with van der Waals surface area (Å²) in [6.45, 7) is 0.719. The smallest absolute Gasteiger partial charge is 0.258 e. The van der Waals surface area contributed by atoms with Crippen LogP contribution in [0.1, 0.15) is 5.56 Å². The largest absolute Gasteiger partial charge is 0.313 e. The monoisotopic (exact) mass is 302 g/mol. The highest BCUT2D eigenvalue weighted by Gasteiger charge is 2.06. The van der Waals surface area contributed by atoms with E-state index in [2.05, 4.69) is 27.2 Å². The van der Waals surface area contributed by atoms with Gasteiger partial charge in [0.1, 0.15) is 0 Å². The number of hydrogen-bond donors (Lipinski definition) is 1. The fourth-order valence-electron chi connectivity index (χ4n) is 2.62. The first-order valence-corrected chi connectivity index (χ1v) is 7.34. The fraction of sp³-hybridized carbons (Fsp3) is 0.0556. The minimum absolute atomic E-state index is 0.131. The molecule has 112 valence electrons. The molecule has 2 heterocycles. The van der Waals surface area contributed by atoms with Gasteiger partial charge in [-0.1, -0.05) is 36.4 Å². The Bertz CT molecular complexity index is 1020. The van der Waals surface area contributed by atoms with Gasteiger partial charge in [0, 0.05) is 11.8 Å². The highest BCUT2D eigenvalue weighted by atomic mass is 16.1. The van der Waals surface area contributed by atoms with Crippen molar-refractivity contribution in [1.82, 2.24) is 19.7 Å². The van der Waals surface area contributed by atoms with Crippen molar-refractivity contribution < 1.29 is 0 Å². The molecular weight excluding hydrogens is 288 g/mol. The predicted octanol–water partition coefficient (Wildman–Crippen LogP) is 2.83. The maximum absolute atomic E-state index is 11.9. The van der Waals surface area contributed by atoms with E-state index in [4.69, 9.17) is 0 Å². The van der Waals surface area contributed by atoms with Crippen LogP contribution in [-0.4, -0.2) is 19.7 Å². The van der Waals surface area contributed by atoms with Crippen molar-refractivity contribution in [3.8, 4) is 11.1 Å². The van der Waals surface area contributed by atoms with Crippen molar-refractivity contribution in [3.63, 3.8) is 0 Å². The summed E-state index contributed by atoms with van der Waals surface area (Å²) in [5.41, 5.74) is 3.69. The fourth-order valence-corrected chi connectivity index (χ4v) is 2.62. The molecule has 0 saturated heterocycles. The molecule has 0 unspecified atom stereocenters. The quantitative estimate of drug-likeness (QED) is 0.633. The van der Waals surface area contributed by atoms with Crippen LogP contribution in [0.4, 0.5) is 0 Å². The van der Waals surface area contributed by atoms with Gasteiger partial charge in [0.05, 0.1) is 30.0 Å². The van der Waals surface area contributed by atoms with Crippen molar-refractivity contribution in [2.24, 2.45) is 0 Å². The molecule has 0 aliphatic carbocycles. The van der Waals surface area contributed by atoms with Crippen LogP contribution < -0.4 is 5.56 Å². The van der Waals surface area contributed by atoms with Gasteiger partial charge in [-0.25, -0.2) is 4.98 Å². The molecule has 4 aromatic rings. The molecule has 0 spiro atoms. The van der Waals surface area contributed by atoms with Crippen molar-refractivity contribution in [3.05, 3.63) is 83.2 Å². The molecule has 0 aliphatic rings. The van der Waals surface area contributed by atoms with Crippen molar-refractivity contribution in [2.45, 2.75) is 6.54 Å². The molecule has 0 saturated carbocycles. The minimum Gasteiger partial charge on any atom is -0.313 e. The molecule has 2 aromatic heterocycles. The Kier molecular flexibility index (Phi) is 3.24. The van der Waals surface area contributed by atoms with Crippen molar-refractivity contribution in [2.75, 3.05) is 0 Å². The molecule has 0 radical (unpaired) electrons. The molecule has 0 fully saturated rings. The Labute approximate surface area is 132 Å². The van der Waals surface area contributed by atoms with E-state index >= 15 is 0 Å². The van der Waals surface area contributed by atoms with Crippen LogP contribution in [0.15, 0.2) is 72.0 Å². The lowest BCUT2D eigenvalue weighted by atomic mass is 10.1. The van der Waals surface area contributed by atoms with Crippen molar-refractivity contribution >= 4 is 10.9 Å². The highest BCUT2D eigenvalue weighted by molar-refractivity contribution is 5.83. The maximum atomic E-state index is 11.9. The van der Waals surface area contributed by atoms with Crippen LogP contribution >= 0.6 is 0 Å². The lowest BCUT2D eigenvalue weighted by Crippen LogP contribution is -2.05. The number of aromatic amines is 1. The van der Waals surface area contributed by atoms with Gasteiger partial charge in [-0.15, -0.1) is 0 Å². The standard InChI is InChI=1S/C18H14N4O/c23-18-16-8-14(6-7-17(16)19-12-20-18)15-9-21-22(11-15)10-13-4-2-1-3-5-13/h1-9,11-12H,10H2,(H,19,20,23). The van der Waals surface area contributed by atoms with E-state index < -0.39 is 0 Å².